The largest absolute Gasteiger partial charge is 0.327 e. The summed E-state index contributed by atoms with van der Waals surface area (Å²) in [5.41, 5.74) is 7.28. The van der Waals surface area contributed by atoms with Crippen molar-refractivity contribution in [3.05, 3.63) is 52.9 Å². The van der Waals surface area contributed by atoms with E-state index in [4.69, 9.17) is 5.73 Å². The predicted molar refractivity (Wildman–Crippen MR) is 78.4 cm³/mol. The Morgan fingerprint density at radius 2 is 2.06 bits per heavy atom. The summed E-state index contributed by atoms with van der Waals surface area (Å²) in [6.45, 7) is 2.01. The van der Waals surface area contributed by atoms with E-state index in [1.54, 1.807) is 30.4 Å². The number of rotatable bonds is 4. The highest BCUT2D eigenvalue weighted by molar-refractivity contribution is 9.10. The van der Waals surface area contributed by atoms with Gasteiger partial charge in [-0.05, 0) is 18.6 Å². The van der Waals surface area contributed by atoms with Crippen molar-refractivity contribution in [1.82, 2.24) is 9.97 Å². The Labute approximate surface area is 119 Å². The predicted octanol–water partition coefficient (Wildman–Crippen LogP) is 3.42. The zero-order valence-corrected chi connectivity index (χ0v) is 12.4. The van der Waals surface area contributed by atoms with Crippen molar-refractivity contribution in [2.45, 2.75) is 23.2 Å². The highest BCUT2D eigenvalue weighted by atomic mass is 79.9. The smallest absolute Gasteiger partial charge is 0.115 e. The molecule has 2 unspecified atom stereocenters. The number of thioether (sulfide) groups is 1. The van der Waals surface area contributed by atoms with E-state index in [1.807, 2.05) is 25.1 Å². The van der Waals surface area contributed by atoms with E-state index < -0.39 is 0 Å². The lowest BCUT2D eigenvalue weighted by atomic mass is 10.1. The summed E-state index contributed by atoms with van der Waals surface area (Å²) in [6, 6.07) is 8.16. The van der Waals surface area contributed by atoms with E-state index in [1.165, 1.54) is 5.56 Å². The van der Waals surface area contributed by atoms with Crippen LogP contribution in [0.4, 0.5) is 0 Å². The molecule has 0 amide bonds. The summed E-state index contributed by atoms with van der Waals surface area (Å²) in [6.07, 6.45) is 5.13. The lowest BCUT2D eigenvalue weighted by Crippen LogP contribution is -2.23. The third kappa shape index (κ3) is 3.31. The molecule has 0 bridgehead atoms. The van der Waals surface area contributed by atoms with Gasteiger partial charge in [-0.2, -0.15) is 0 Å². The molecule has 1 heterocycles. The van der Waals surface area contributed by atoms with E-state index in [9.17, 15) is 0 Å². The van der Waals surface area contributed by atoms with Gasteiger partial charge in [0.1, 0.15) is 5.03 Å². The number of nitrogens with zero attached hydrogens (tertiary/aromatic N) is 2. The molecule has 2 rings (SSSR count). The number of nitrogens with two attached hydrogens (primary N) is 1. The van der Waals surface area contributed by atoms with Gasteiger partial charge in [0.2, 0.25) is 0 Å². The minimum atomic E-state index is 0.0238. The van der Waals surface area contributed by atoms with Crippen LogP contribution in [0.25, 0.3) is 0 Å². The summed E-state index contributed by atoms with van der Waals surface area (Å²) in [5, 5.41) is 1.04. The maximum absolute atomic E-state index is 6.10. The molecule has 0 fully saturated rings. The minimum absolute atomic E-state index is 0.0238. The van der Waals surface area contributed by atoms with Gasteiger partial charge in [-0.15, -0.1) is 0 Å². The molecule has 2 aromatic rings. The second kappa shape index (κ2) is 6.31. The normalized spacial score (nSPS) is 14.2. The number of halogens is 1. The van der Waals surface area contributed by atoms with E-state index in [0.29, 0.717) is 0 Å². The van der Waals surface area contributed by atoms with Crippen molar-refractivity contribution >= 4 is 27.7 Å². The first-order chi connectivity index (χ1) is 8.68. The van der Waals surface area contributed by atoms with Gasteiger partial charge in [0.25, 0.3) is 0 Å². The van der Waals surface area contributed by atoms with Crippen LogP contribution in [0, 0.1) is 0 Å². The van der Waals surface area contributed by atoms with Crippen molar-refractivity contribution < 1.29 is 0 Å². The summed E-state index contributed by atoms with van der Waals surface area (Å²) in [5.74, 6) is 0. The molecule has 0 aliphatic rings. The Bertz CT molecular complexity index is 505. The summed E-state index contributed by atoms with van der Waals surface area (Å²) < 4.78 is 1.07. The molecule has 94 valence electrons. The molecule has 5 heteroatoms. The lowest BCUT2D eigenvalue weighted by molar-refractivity contribution is 0.717. The van der Waals surface area contributed by atoms with Gasteiger partial charge >= 0.3 is 0 Å². The van der Waals surface area contributed by atoms with Crippen LogP contribution in [0.2, 0.25) is 0 Å². The molecule has 1 aromatic carbocycles. The number of hydrogen-bond acceptors (Lipinski definition) is 4. The molecule has 0 spiro atoms. The standard InChI is InChI=1S/C13H14BrN3S/c1-9(15)13(10-4-2-3-5-11(10)14)18-12-8-16-6-7-17-12/h2-9,13H,15H2,1H3. The van der Waals surface area contributed by atoms with E-state index in [0.717, 1.165) is 9.50 Å². The molecule has 0 aliphatic carbocycles. The first-order valence-corrected chi connectivity index (χ1v) is 7.28. The fraction of sp³-hybridized carbons (Fsp3) is 0.231. The fourth-order valence-electron chi connectivity index (χ4n) is 1.64. The van der Waals surface area contributed by atoms with Gasteiger partial charge in [-0.1, -0.05) is 45.9 Å². The molecule has 1 aromatic heterocycles. The van der Waals surface area contributed by atoms with Crippen LogP contribution in [0.15, 0.2) is 52.4 Å². The average Bonchev–Trinajstić information content (AvgIpc) is 2.38. The van der Waals surface area contributed by atoms with Crippen LogP contribution in [-0.2, 0) is 0 Å². The van der Waals surface area contributed by atoms with Crippen molar-refractivity contribution in [3.63, 3.8) is 0 Å². The number of hydrogen-bond donors (Lipinski definition) is 1. The Morgan fingerprint density at radius 3 is 2.67 bits per heavy atom. The Morgan fingerprint density at radius 1 is 1.28 bits per heavy atom. The Kier molecular flexibility index (Phi) is 4.74. The molecule has 0 aliphatic heterocycles. The maximum Gasteiger partial charge on any atom is 0.115 e. The second-order valence-corrected chi connectivity index (χ2v) is 5.98. The molecular formula is C13H14BrN3S. The molecule has 0 saturated carbocycles. The first-order valence-electron chi connectivity index (χ1n) is 5.61. The molecule has 2 atom stereocenters. The number of benzene rings is 1. The SMILES string of the molecule is CC(N)C(Sc1cnccn1)c1ccccc1Br. The van der Waals surface area contributed by atoms with Crippen LogP contribution in [0.5, 0.6) is 0 Å². The molecule has 2 N–H and O–H groups in total. The van der Waals surface area contributed by atoms with Gasteiger partial charge in [-0.3, -0.25) is 4.98 Å². The average molecular weight is 324 g/mol. The van der Waals surface area contributed by atoms with E-state index >= 15 is 0 Å². The molecule has 18 heavy (non-hydrogen) atoms. The van der Waals surface area contributed by atoms with Gasteiger partial charge in [0.15, 0.2) is 0 Å². The second-order valence-electron chi connectivity index (χ2n) is 3.96. The van der Waals surface area contributed by atoms with Crippen LogP contribution in [0.3, 0.4) is 0 Å². The minimum Gasteiger partial charge on any atom is -0.327 e. The Balaban J connectivity index is 2.27. The zero-order valence-electron chi connectivity index (χ0n) is 9.95. The third-order valence-electron chi connectivity index (χ3n) is 2.48. The topological polar surface area (TPSA) is 51.8 Å². The lowest BCUT2D eigenvalue weighted by Gasteiger charge is -2.21. The highest BCUT2D eigenvalue weighted by Gasteiger charge is 2.20. The first kappa shape index (κ1) is 13.5. The molecule has 3 nitrogen and oxygen atoms in total. The molecule has 0 saturated heterocycles. The third-order valence-corrected chi connectivity index (χ3v) is 4.59. The zero-order chi connectivity index (χ0) is 13.0. The van der Waals surface area contributed by atoms with Crippen molar-refractivity contribution in [3.8, 4) is 0 Å². The van der Waals surface area contributed by atoms with E-state index in [2.05, 4.69) is 32.0 Å². The highest BCUT2D eigenvalue weighted by Crippen LogP contribution is 2.38. The van der Waals surface area contributed by atoms with Crippen molar-refractivity contribution in [2.75, 3.05) is 0 Å². The van der Waals surface area contributed by atoms with Crippen molar-refractivity contribution in [1.29, 1.82) is 0 Å². The van der Waals surface area contributed by atoms with Crippen LogP contribution in [-0.4, -0.2) is 16.0 Å². The quantitative estimate of drug-likeness (QED) is 0.876. The molecule has 0 radical (unpaired) electrons. The van der Waals surface area contributed by atoms with Crippen LogP contribution >= 0.6 is 27.7 Å². The monoisotopic (exact) mass is 323 g/mol. The maximum atomic E-state index is 6.10. The van der Waals surface area contributed by atoms with Crippen LogP contribution < -0.4 is 5.73 Å². The van der Waals surface area contributed by atoms with Gasteiger partial charge in [-0.25, -0.2) is 4.98 Å². The summed E-state index contributed by atoms with van der Waals surface area (Å²) >= 11 is 5.21. The molecular weight excluding hydrogens is 310 g/mol. The fourth-order valence-corrected chi connectivity index (χ4v) is 3.37. The van der Waals surface area contributed by atoms with Crippen LogP contribution in [0.1, 0.15) is 17.7 Å². The van der Waals surface area contributed by atoms with E-state index in [-0.39, 0.29) is 11.3 Å². The van der Waals surface area contributed by atoms with Crippen molar-refractivity contribution in [2.24, 2.45) is 5.73 Å². The summed E-state index contributed by atoms with van der Waals surface area (Å²) in [7, 11) is 0. The Hall–Kier alpha value is -0.910. The van der Waals surface area contributed by atoms with Gasteiger partial charge in [0.05, 0.1) is 11.4 Å². The number of aromatic nitrogens is 2. The van der Waals surface area contributed by atoms with Gasteiger partial charge in [0, 0.05) is 22.9 Å². The van der Waals surface area contributed by atoms with Gasteiger partial charge < -0.3 is 5.73 Å². The summed E-state index contributed by atoms with van der Waals surface area (Å²) in [4.78, 5) is 8.36.